The molecule has 2 heterocycles. The molecule has 1 aliphatic heterocycles. The molecule has 3 N–H and O–H groups in total. The Morgan fingerprint density at radius 1 is 1.09 bits per heavy atom. The van der Waals surface area contributed by atoms with Gasteiger partial charge in [0.2, 0.25) is 0 Å². The van der Waals surface area contributed by atoms with E-state index in [1.54, 1.807) is 24.4 Å². The van der Waals surface area contributed by atoms with Gasteiger partial charge in [0.25, 0.3) is 0 Å². The third-order valence-corrected chi connectivity index (χ3v) is 5.29. The van der Waals surface area contributed by atoms with Crippen LogP contribution in [0, 0.1) is 12.8 Å². The van der Waals surface area contributed by atoms with Crippen molar-refractivity contribution in [1.29, 1.82) is 0 Å². The van der Waals surface area contributed by atoms with E-state index in [1.807, 2.05) is 50.4 Å². The van der Waals surface area contributed by atoms with E-state index in [9.17, 15) is 9.90 Å². The number of carboxylic acid groups (broad SMARTS) is 1. The molecule has 35 heavy (non-hydrogen) atoms. The summed E-state index contributed by atoms with van der Waals surface area (Å²) in [6.07, 6.45) is 12.9. The van der Waals surface area contributed by atoms with E-state index in [-0.39, 0.29) is 5.56 Å². The highest BCUT2D eigenvalue weighted by Gasteiger charge is 2.20. The maximum absolute atomic E-state index is 11.2. The van der Waals surface area contributed by atoms with Crippen molar-refractivity contribution in [2.75, 3.05) is 37.6 Å². The second-order valence-corrected chi connectivity index (χ2v) is 7.33. The molecule has 0 amide bonds. The summed E-state index contributed by atoms with van der Waals surface area (Å²) in [5, 5.41) is 10.1. The van der Waals surface area contributed by atoms with Crippen LogP contribution in [0.5, 0.6) is 0 Å². The molecule has 0 saturated carbocycles. The summed E-state index contributed by atoms with van der Waals surface area (Å²) in [5.41, 5.74) is 8.54. The topological polar surface area (TPSA) is 108 Å². The smallest absolute Gasteiger partial charge is 0.335 e. The second kappa shape index (κ2) is 14.1. The van der Waals surface area contributed by atoms with Crippen LogP contribution < -0.4 is 10.6 Å². The first-order valence-electron chi connectivity index (χ1n) is 11.4. The lowest BCUT2D eigenvalue weighted by Crippen LogP contribution is -2.47. The summed E-state index contributed by atoms with van der Waals surface area (Å²) in [4.78, 5) is 29.0. The number of para-hydroxylation sites is 1. The number of fused-ring (bicyclic) bond motifs is 1. The summed E-state index contributed by atoms with van der Waals surface area (Å²) in [6, 6.07) is 14.7. The molecule has 0 radical (unpaired) electrons. The molecule has 182 valence electrons. The Kier molecular flexibility index (Phi) is 10.9. The van der Waals surface area contributed by atoms with E-state index in [0.29, 0.717) is 5.52 Å². The number of aromatic nitrogens is 2. The Morgan fingerprint density at radius 2 is 1.77 bits per heavy atom. The SMILES string of the molecule is C#C.CC.N/C=C(\C=Nc1ccccc1)CN1CCN(c2ncnc3cc(C(=O)O)ccc23)CC1. The van der Waals surface area contributed by atoms with Gasteiger partial charge in [0.15, 0.2) is 0 Å². The molecule has 0 atom stereocenters. The fourth-order valence-electron chi connectivity index (χ4n) is 3.61. The standard InChI is InChI=1S/C23H24N6O2.C2H6.C2H2/c24-13-17(14-25-19-4-2-1-3-5-19)15-28-8-10-29(11-9-28)22-20-7-6-18(23(30)31)12-21(20)26-16-27-22;2*1-2/h1-7,12-14,16H,8-11,15,24H2,(H,30,31);1-2H3;1-2H/b17-13+,25-14?;;. The van der Waals surface area contributed by atoms with Gasteiger partial charge >= 0.3 is 5.97 Å². The molecule has 8 nitrogen and oxygen atoms in total. The summed E-state index contributed by atoms with van der Waals surface area (Å²) >= 11 is 0. The van der Waals surface area contributed by atoms with Crippen molar-refractivity contribution in [3.8, 4) is 12.8 Å². The van der Waals surface area contributed by atoms with Crippen molar-refractivity contribution < 1.29 is 9.90 Å². The average molecular weight is 473 g/mol. The van der Waals surface area contributed by atoms with Gasteiger partial charge in [0.05, 0.1) is 16.8 Å². The number of rotatable bonds is 6. The number of carbonyl (C=O) groups is 1. The van der Waals surface area contributed by atoms with Crippen LogP contribution in [0.25, 0.3) is 10.9 Å². The van der Waals surface area contributed by atoms with Gasteiger partial charge in [-0.05, 0) is 42.1 Å². The van der Waals surface area contributed by atoms with Crippen molar-refractivity contribution in [3.05, 3.63) is 72.2 Å². The molecule has 1 aliphatic rings. The molecule has 1 saturated heterocycles. The first kappa shape index (κ1) is 27.0. The molecular weight excluding hydrogens is 440 g/mol. The number of hydrogen-bond acceptors (Lipinski definition) is 7. The van der Waals surface area contributed by atoms with Crippen LogP contribution in [0.15, 0.2) is 71.6 Å². The predicted octanol–water partition coefficient (Wildman–Crippen LogP) is 3.97. The lowest BCUT2D eigenvalue weighted by atomic mass is 10.1. The summed E-state index contributed by atoms with van der Waals surface area (Å²) in [6.45, 7) is 8.05. The van der Waals surface area contributed by atoms with Crippen molar-refractivity contribution >= 4 is 34.6 Å². The Labute approximate surface area is 206 Å². The number of benzene rings is 2. The molecule has 0 spiro atoms. The Hall–Kier alpha value is -4.22. The van der Waals surface area contributed by atoms with Gasteiger partial charge in [-0.25, -0.2) is 14.8 Å². The van der Waals surface area contributed by atoms with Crippen molar-refractivity contribution in [2.45, 2.75) is 13.8 Å². The highest BCUT2D eigenvalue weighted by Crippen LogP contribution is 2.25. The van der Waals surface area contributed by atoms with Gasteiger partial charge in [-0.2, -0.15) is 0 Å². The van der Waals surface area contributed by atoms with Crippen molar-refractivity contribution in [1.82, 2.24) is 14.9 Å². The monoisotopic (exact) mass is 472 g/mol. The Morgan fingerprint density at radius 3 is 2.40 bits per heavy atom. The molecule has 2 aromatic carbocycles. The number of anilines is 1. The fourth-order valence-corrected chi connectivity index (χ4v) is 3.61. The van der Waals surface area contributed by atoms with Gasteiger partial charge < -0.3 is 15.7 Å². The van der Waals surface area contributed by atoms with Gasteiger partial charge in [0, 0.05) is 44.3 Å². The zero-order chi connectivity index (χ0) is 25.6. The van der Waals surface area contributed by atoms with Gasteiger partial charge in [-0.3, -0.25) is 9.89 Å². The normalized spacial score (nSPS) is 14.1. The quantitative estimate of drug-likeness (QED) is 0.413. The molecule has 8 heteroatoms. The summed E-state index contributed by atoms with van der Waals surface area (Å²) < 4.78 is 0. The zero-order valence-electron chi connectivity index (χ0n) is 20.2. The molecular formula is C27H32N6O2. The summed E-state index contributed by atoms with van der Waals surface area (Å²) in [5.74, 6) is -0.128. The van der Waals surface area contributed by atoms with E-state index in [0.717, 1.165) is 55.2 Å². The molecule has 1 aromatic heterocycles. The van der Waals surface area contributed by atoms with Crippen LogP contribution >= 0.6 is 0 Å². The van der Waals surface area contributed by atoms with Gasteiger partial charge in [-0.1, -0.05) is 32.0 Å². The average Bonchev–Trinajstić information content (AvgIpc) is 2.93. The van der Waals surface area contributed by atoms with E-state index in [4.69, 9.17) is 5.73 Å². The maximum Gasteiger partial charge on any atom is 0.335 e. The number of hydrogen-bond donors (Lipinski definition) is 2. The molecule has 4 rings (SSSR count). The fraction of sp³-hybridized carbons (Fsp3) is 0.259. The van der Waals surface area contributed by atoms with Crippen LogP contribution in [0.3, 0.4) is 0 Å². The molecule has 0 aliphatic carbocycles. The van der Waals surface area contributed by atoms with Crippen molar-refractivity contribution in [3.63, 3.8) is 0 Å². The number of nitrogens with two attached hydrogens (primary N) is 1. The van der Waals surface area contributed by atoms with Gasteiger partial charge in [-0.15, -0.1) is 12.8 Å². The lowest BCUT2D eigenvalue weighted by molar-refractivity contribution is 0.0697. The largest absolute Gasteiger partial charge is 0.478 e. The highest BCUT2D eigenvalue weighted by molar-refractivity contribution is 5.96. The molecule has 0 unspecified atom stereocenters. The van der Waals surface area contributed by atoms with Crippen LogP contribution in [0.1, 0.15) is 24.2 Å². The first-order valence-corrected chi connectivity index (χ1v) is 11.4. The minimum Gasteiger partial charge on any atom is -0.478 e. The Balaban J connectivity index is 0.00000103. The number of aliphatic imine (C=N–C) groups is 1. The minimum absolute atomic E-state index is 0.222. The van der Waals surface area contributed by atoms with Crippen LogP contribution in [0.4, 0.5) is 11.5 Å². The number of nitrogens with zero attached hydrogens (tertiary/aromatic N) is 5. The van der Waals surface area contributed by atoms with Crippen LogP contribution in [-0.4, -0.2) is 64.9 Å². The second-order valence-electron chi connectivity index (χ2n) is 7.33. The predicted molar refractivity (Wildman–Crippen MR) is 143 cm³/mol. The molecule has 3 aromatic rings. The van der Waals surface area contributed by atoms with E-state index in [2.05, 4.69) is 37.6 Å². The number of carboxylic acids is 1. The zero-order valence-corrected chi connectivity index (χ0v) is 20.2. The molecule has 1 fully saturated rings. The van der Waals surface area contributed by atoms with Crippen LogP contribution in [0.2, 0.25) is 0 Å². The third kappa shape index (κ3) is 7.39. The van der Waals surface area contributed by atoms with E-state index < -0.39 is 5.97 Å². The lowest BCUT2D eigenvalue weighted by Gasteiger charge is -2.35. The van der Waals surface area contributed by atoms with Gasteiger partial charge in [0.1, 0.15) is 12.1 Å². The number of terminal acetylenes is 1. The highest BCUT2D eigenvalue weighted by atomic mass is 16.4. The minimum atomic E-state index is -0.963. The van der Waals surface area contributed by atoms with E-state index in [1.165, 1.54) is 6.33 Å². The third-order valence-electron chi connectivity index (χ3n) is 5.29. The molecule has 0 bridgehead atoms. The van der Waals surface area contributed by atoms with Crippen molar-refractivity contribution in [2.24, 2.45) is 10.7 Å². The number of piperazine rings is 1. The maximum atomic E-state index is 11.2. The summed E-state index contributed by atoms with van der Waals surface area (Å²) in [7, 11) is 0. The Bertz CT molecular complexity index is 1170. The first-order chi connectivity index (χ1) is 17.1. The van der Waals surface area contributed by atoms with Crippen LogP contribution in [-0.2, 0) is 0 Å². The van der Waals surface area contributed by atoms with E-state index >= 15 is 0 Å². The number of aromatic carboxylic acids is 1.